The molecule has 1 N–H and O–H groups in total. The third kappa shape index (κ3) is 2.17. The summed E-state index contributed by atoms with van der Waals surface area (Å²) in [5, 5.41) is 3.55. The van der Waals surface area contributed by atoms with Gasteiger partial charge in [0.25, 0.3) is 0 Å². The van der Waals surface area contributed by atoms with E-state index in [9.17, 15) is 0 Å². The molecule has 3 nitrogen and oxygen atoms in total. The molecular weight excluding hydrogens is 212 g/mol. The highest BCUT2D eigenvalue weighted by atomic mass is 16.5. The number of rotatable bonds is 3. The van der Waals surface area contributed by atoms with Crippen molar-refractivity contribution in [2.45, 2.75) is 25.0 Å². The third-order valence-corrected chi connectivity index (χ3v) is 3.94. The molecule has 1 fully saturated rings. The van der Waals surface area contributed by atoms with E-state index in [1.807, 2.05) is 0 Å². The fourth-order valence-corrected chi connectivity index (χ4v) is 2.96. The third-order valence-electron chi connectivity index (χ3n) is 3.94. The Bertz CT molecular complexity index is 394. The Kier molecular flexibility index (Phi) is 3.04. The van der Waals surface area contributed by atoms with Gasteiger partial charge in [-0.1, -0.05) is 18.2 Å². The quantitative estimate of drug-likeness (QED) is 0.853. The predicted molar refractivity (Wildman–Crippen MR) is 69.6 cm³/mol. The Labute approximate surface area is 103 Å². The van der Waals surface area contributed by atoms with Crippen LogP contribution in [-0.2, 0) is 11.2 Å². The van der Waals surface area contributed by atoms with Crippen molar-refractivity contribution < 1.29 is 4.74 Å². The molecule has 0 spiro atoms. The van der Waals surface area contributed by atoms with Crippen LogP contribution in [0.1, 0.15) is 12.0 Å². The van der Waals surface area contributed by atoms with Gasteiger partial charge < -0.3 is 15.0 Å². The largest absolute Gasteiger partial charge is 0.380 e. The van der Waals surface area contributed by atoms with E-state index in [1.54, 1.807) is 7.11 Å². The Morgan fingerprint density at radius 3 is 3.12 bits per heavy atom. The summed E-state index contributed by atoms with van der Waals surface area (Å²) in [5.74, 6) is 0. The summed E-state index contributed by atoms with van der Waals surface area (Å²) >= 11 is 0. The van der Waals surface area contributed by atoms with Gasteiger partial charge in [0, 0.05) is 38.5 Å². The van der Waals surface area contributed by atoms with E-state index in [1.165, 1.54) is 17.7 Å². The Hall–Kier alpha value is -1.06. The van der Waals surface area contributed by atoms with Gasteiger partial charge in [0.05, 0.1) is 6.10 Å². The van der Waals surface area contributed by atoms with Gasteiger partial charge in [-0.2, -0.15) is 0 Å². The van der Waals surface area contributed by atoms with Gasteiger partial charge in [-0.15, -0.1) is 0 Å². The second-order valence-electron chi connectivity index (χ2n) is 5.02. The Morgan fingerprint density at radius 2 is 2.29 bits per heavy atom. The fraction of sp³-hybridized carbons (Fsp3) is 0.571. The van der Waals surface area contributed by atoms with Gasteiger partial charge in [-0.3, -0.25) is 0 Å². The summed E-state index contributed by atoms with van der Waals surface area (Å²) in [4.78, 5) is 2.50. The van der Waals surface area contributed by atoms with Crippen LogP contribution in [0.2, 0.25) is 0 Å². The Balaban J connectivity index is 1.64. The highest BCUT2D eigenvalue weighted by Crippen LogP contribution is 2.28. The van der Waals surface area contributed by atoms with E-state index in [-0.39, 0.29) is 0 Å². The average Bonchev–Trinajstić information content (AvgIpc) is 2.97. The minimum absolute atomic E-state index is 0.401. The maximum Gasteiger partial charge on any atom is 0.0711 e. The van der Waals surface area contributed by atoms with Gasteiger partial charge in [-0.05, 0) is 24.5 Å². The number of hydrogen-bond acceptors (Lipinski definition) is 3. The average molecular weight is 232 g/mol. The standard InChI is InChI=1S/C14H20N2O/c1-17-13-8-12(15-9-13)10-16-7-6-11-4-2-3-5-14(11)16/h2-5,12-13,15H,6-10H2,1H3. The van der Waals surface area contributed by atoms with Crippen molar-refractivity contribution in [2.24, 2.45) is 0 Å². The molecule has 0 aromatic heterocycles. The van der Waals surface area contributed by atoms with Gasteiger partial charge in [0.1, 0.15) is 0 Å². The first-order valence-electron chi connectivity index (χ1n) is 6.46. The molecule has 0 aliphatic carbocycles. The lowest BCUT2D eigenvalue weighted by Gasteiger charge is -2.23. The maximum absolute atomic E-state index is 5.39. The summed E-state index contributed by atoms with van der Waals surface area (Å²) in [5.41, 5.74) is 2.92. The number of benzene rings is 1. The van der Waals surface area contributed by atoms with E-state index in [0.29, 0.717) is 12.1 Å². The maximum atomic E-state index is 5.39. The zero-order valence-corrected chi connectivity index (χ0v) is 10.4. The van der Waals surface area contributed by atoms with E-state index < -0.39 is 0 Å². The number of anilines is 1. The molecule has 1 aromatic carbocycles. The van der Waals surface area contributed by atoms with Crippen molar-refractivity contribution in [1.82, 2.24) is 5.32 Å². The minimum Gasteiger partial charge on any atom is -0.380 e. The molecule has 0 bridgehead atoms. The second-order valence-corrected chi connectivity index (χ2v) is 5.02. The lowest BCUT2D eigenvalue weighted by atomic mass is 10.1. The molecule has 1 aromatic rings. The van der Waals surface area contributed by atoms with E-state index in [2.05, 4.69) is 34.5 Å². The van der Waals surface area contributed by atoms with Crippen molar-refractivity contribution >= 4 is 5.69 Å². The van der Waals surface area contributed by atoms with E-state index in [4.69, 9.17) is 4.74 Å². The van der Waals surface area contributed by atoms with Gasteiger partial charge in [-0.25, -0.2) is 0 Å². The SMILES string of the molecule is COC1CNC(CN2CCc3ccccc32)C1. The van der Waals surface area contributed by atoms with Crippen molar-refractivity contribution in [3.8, 4) is 0 Å². The van der Waals surface area contributed by atoms with Crippen LogP contribution in [0.3, 0.4) is 0 Å². The molecule has 0 saturated carbocycles. The number of nitrogens with zero attached hydrogens (tertiary/aromatic N) is 1. The topological polar surface area (TPSA) is 24.5 Å². The molecule has 3 heteroatoms. The van der Waals surface area contributed by atoms with Crippen molar-refractivity contribution in [2.75, 3.05) is 31.6 Å². The number of nitrogens with one attached hydrogen (secondary N) is 1. The molecule has 92 valence electrons. The zero-order valence-electron chi connectivity index (χ0n) is 10.4. The lowest BCUT2D eigenvalue weighted by Crippen LogP contribution is -2.36. The summed E-state index contributed by atoms with van der Waals surface area (Å²) < 4.78 is 5.39. The van der Waals surface area contributed by atoms with Gasteiger partial charge >= 0.3 is 0 Å². The van der Waals surface area contributed by atoms with Crippen molar-refractivity contribution in [3.63, 3.8) is 0 Å². The molecule has 2 aliphatic heterocycles. The molecule has 2 aliphatic rings. The van der Waals surface area contributed by atoms with Gasteiger partial charge in [0.15, 0.2) is 0 Å². The molecule has 2 unspecified atom stereocenters. The first-order valence-corrected chi connectivity index (χ1v) is 6.46. The highest BCUT2D eigenvalue weighted by molar-refractivity contribution is 5.57. The number of fused-ring (bicyclic) bond motifs is 1. The van der Waals surface area contributed by atoms with Crippen LogP contribution in [0.25, 0.3) is 0 Å². The number of hydrogen-bond donors (Lipinski definition) is 1. The first kappa shape index (κ1) is 11.1. The van der Waals surface area contributed by atoms with E-state index in [0.717, 1.165) is 26.1 Å². The van der Waals surface area contributed by atoms with Crippen LogP contribution in [0.4, 0.5) is 5.69 Å². The predicted octanol–water partition coefficient (Wildman–Crippen LogP) is 1.43. The molecule has 3 rings (SSSR count). The van der Waals surface area contributed by atoms with Crippen LogP contribution >= 0.6 is 0 Å². The van der Waals surface area contributed by atoms with Crippen molar-refractivity contribution in [3.05, 3.63) is 29.8 Å². The minimum atomic E-state index is 0.401. The number of para-hydroxylation sites is 1. The summed E-state index contributed by atoms with van der Waals surface area (Å²) in [7, 11) is 1.81. The fourth-order valence-electron chi connectivity index (χ4n) is 2.96. The van der Waals surface area contributed by atoms with Crippen molar-refractivity contribution in [1.29, 1.82) is 0 Å². The smallest absolute Gasteiger partial charge is 0.0711 e. The molecule has 0 amide bonds. The molecule has 1 saturated heterocycles. The highest BCUT2D eigenvalue weighted by Gasteiger charge is 2.27. The molecular formula is C14H20N2O. The molecule has 2 atom stereocenters. The van der Waals surface area contributed by atoms with Crippen LogP contribution in [0.5, 0.6) is 0 Å². The van der Waals surface area contributed by atoms with Crippen LogP contribution < -0.4 is 10.2 Å². The Morgan fingerprint density at radius 1 is 1.41 bits per heavy atom. The van der Waals surface area contributed by atoms with Crippen LogP contribution in [-0.4, -0.2) is 38.9 Å². The summed E-state index contributed by atoms with van der Waals surface area (Å²) in [6.07, 6.45) is 2.73. The molecule has 0 radical (unpaired) electrons. The van der Waals surface area contributed by atoms with Gasteiger partial charge in [0.2, 0.25) is 0 Å². The second kappa shape index (κ2) is 4.67. The number of methoxy groups -OCH3 is 1. The molecule has 2 heterocycles. The molecule has 17 heavy (non-hydrogen) atoms. The zero-order chi connectivity index (χ0) is 11.7. The monoisotopic (exact) mass is 232 g/mol. The first-order chi connectivity index (χ1) is 8.36. The normalized spacial score (nSPS) is 27.5. The summed E-state index contributed by atoms with van der Waals surface area (Å²) in [6, 6.07) is 9.33. The lowest BCUT2D eigenvalue weighted by molar-refractivity contribution is 0.117. The number of ether oxygens (including phenoxy) is 1. The van der Waals surface area contributed by atoms with Crippen LogP contribution in [0, 0.1) is 0 Å². The van der Waals surface area contributed by atoms with Crippen LogP contribution in [0.15, 0.2) is 24.3 Å². The summed E-state index contributed by atoms with van der Waals surface area (Å²) in [6.45, 7) is 3.27. The van der Waals surface area contributed by atoms with E-state index >= 15 is 0 Å².